The summed E-state index contributed by atoms with van der Waals surface area (Å²) < 4.78 is -2.17. The van der Waals surface area contributed by atoms with E-state index in [2.05, 4.69) is 0 Å². The molecule has 3 nitrogen and oxygen atoms in total. The fourth-order valence-electron chi connectivity index (χ4n) is 0.481. The molecule has 90 valence electrons. The third kappa shape index (κ3) is 6.51. The van der Waals surface area contributed by atoms with Crippen molar-refractivity contribution in [1.82, 2.24) is 0 Å². The Morgan fingerprint density at radius 1 is 1.19 bits per heavy atom. The molecule has 0 aromatic heterocycles. The minimum Gasteiger partial charge on any atom is -0.506 e. The van der Waals surface area contributed by atoms with E-state index in [4.69, 9.17) is 68.2 Å². The molecule has 0 heterocycles. The molecule has 0 amide bonds. The molecule has 0 spiro atoms. The van der Waals surface area contributed by atoms with Gasteiger partial charge in [-0.05, 0) is 18.2 Å². The predicted octanol–water partition coefficient (Wildman–Crippen LogP) is 4.14. The average Bonchev–Trinajstić information content (AvgIpc) is 2.11. The number of carboxylic acid groups (broad SMARTS) is 1. The molecule has 1 aromatic carbocycles. The molecule has 0 atom stereocenters. The third-order valence-electron chi connectivity index (χ3n) is 1.15. The number of phenolic OH excluding ortho intramolecular Hbond substituents is 1. The lowest BCUT2D eigenvalue weighted by Crippen LogP contribution is -2.16. The van der Waals surface area contributed by atoms with Crippen LogP contribution in [0.5, 0.6) is 5.75 Å². The summed E-state index contributed by atoms with van der Waals surface area (Å²) in [5.74, 6) is -1.40. The van der Waals surface area contributed by atoms with Gasteiger partial charge in [0.25, 0.3) is 3.79 Å². The smallest absolute Gasteiger partial charge is 0.356 e. The van der Waals surface area contributed by atoms with E-state index in [0.29, 0.717) is 5.02 Å². The van der Waals surface area contributed by atoms with Gasteiger partial charge in [0.1, 0.15) is 5.75 Å². The standard InChI is InChI=1S/C6H4Cl2O.C2HCl3O2/c7-4-1-2-6(9)5(8)3-4;3-2(4,5)1(6)7/h1-3,9H;(H,6,7). The second kappa shape index (κ2) is 6.62. The zero-order valence-corrected chi connectivity index (χ0v) is 11.2. The topological polar surface area (TPSA) is 57.5 Å². The van der Waals surface area contributed by atoms with Gasteiger partial charge in [0, 0.05) is 5.02 Å². The highest BCUT2D eigenvalue weighted by Crippen LogP contribution is 2.26. The van der Waals surface area contributed by atoms with Gasteiger partial charge < -0.3 is 10.2 Å². The quantitative estimate of drug-likeness (QED) is 0.705. The van der Waals surface area contributed by atoms with E-state index >= 15 is 0 Å². The molecule has 1 rings (SSSR count). The summed E-state index contributed by atoms with van der Waals surface area (Å²) in [6.07, 6.45) is 0. The van der Waals surface area contributed by atoms with E-state index in [0.717, 1.165) is 0 Å². The molecular formula is C8H5Cl5O3. The maximum absolute atomic E-state index is 9.62. The van der Waals surface area contributed by atoms with Crippen molar-refractivity contribution in [3.63, 3.8) is 0 Å². The Morgan fingerprint density at radius 2 is 1.62 bits per heavy atom. The Labute approximate surface area is 116 Å². The van der Waals surface area contributed by atoms with Crippen molar-refractivity contribution < 1.29 is 15.0 Å². The van der Waals surface area contributed by atoms with Crippen molar-refractivity contribution in [2.45, 2.75) is 3.79 Å². The minimum absolute atomic E-state index is 0.0565. The highest BCUT2D eigenvalue weighted by Gasteiger charge is 2.29. The van der Waals surface area contributed by atoms with Crippen LogP contribution in [0.25, 0.3) is 0 Å². The van der Waals surface area contributed by atoms with E-state index in [1.807, 2.05) is 0 Å². The first-order chi connectivity index (χ1) is 7.14. The molecule has 0 aliphatic rings. The number of hydrogen-bond donors (Lipinski definition) is 2. The molecule has 16 heavy (non-hydrogen) atoms. The lowest BCUT2D eigenvalue weighted by atomic mass is 10.3. The molecule has 8 heteroatoms. The Kier molecular flexibility index (Phi) is 6.60. The van der Waals surface area contributed by atoms with Crippen LogP contribution in [-0.2, 0) is 4.79 Å². The number of halogens is 5. The number of rotatable bonds is 0. The molecule has 0 aliphatic carbocycles. The number of carbonyl (C=O) groups is 1. The molecule has 0 bridgehead atoms. The van der Waals surface area contributed by atoms with Crippen molar-refractivity contribution in [1.29, 1.82) is 0 Å². The van der Waals surface area contributed by atoms with Crippen LogP contribution in [0.4, 0.5) is 0 Å². The summed E-state index contributed by atoms with van der Waals surface area (Å²) in [6, 6.07) is 4.51. The maximum Gasteiger partial charge on any atom is 0.356 e. The second-order valence-corrected chi connectivity index (χ2v) is 5.52. The largest absolute Gasteiger partial charge is 0.506 e. The third-order valence-corrected chi connectivity index (χ3v) is 2.18. The number of carboxylic acids is 1. The van der Waals surface area contributed by atoms with Gasteiger partial charge in [0.2, 0.25) is 0 Å². The summed E-state index contributed by atoms with van der Waals surface area (Å²) in [5.41, 5.74) is 0. The lowest BCUT2D eigenvalue weighted by Gasteiger charge is -1.99. The first kappa shape index (κ1) is 15.9. The molecule has 0 radical (unpaired) electrons. The first-order valence-electron chi connectivity index (χ1n) is 3.58. The van der Waals surface area contributed by atoms with Crippen LogP contribution in [0.15, 0.2) is 18.2 Å². The predicted molar refractivity (Wildman–Crippen MR) is 66.1 cm³/mol. The zero-order chi connectivity index (χ0) is 12.9. The van der Waals surface area contributed by atoms with Gasteiger partial charge in [-0.3, -0.25) is 0 Å². The first-order valence-corrected chi connectivity index (χ1v) is 5.47. The molecule has 0 fully saturated rings. The van der Waals surface area contributed by atoms with E-state index in [9.17, 15) is 4.79 Å². The number of phenols is 1. The van der Waals surface area contributed by atoms with E-state index in [-0.39, 0.29) is 10.8 Å². The van der Waals surface area contributed by atoms with Crippen molar-refractivity contribution >= 4 is 64.0 Å². The number of aromatic hydroxyl groups is 1. The summed E-state index contributed by atoms with van der Waals surface area (Å²) in [4.78, 5) is 9.62. The van der Waals surface area contributed by atoms with Crippen LogP contribution in [0.2, 0.25) is 10.0 Å². The van der Waals surface area contributed by atoms with E-state index < -0.39 is 9.76 Å². The molecule has 2 N–H and O–H groups in total. The normalized spacial score (nSPS) is 10.3. The summed E-state index contributed by atoms with van der Waals surface area (Å²) in [6.45, 7) is 0. The summed E-state index contributed by atoms with van der Waals surface area (Å²) in [5, 5.41) is 17.5. The Bertz CT molecular complexity index is 374. The summed E-state index contributed by atoms with van der Waals surface area (Å²) in [7, 11) is 0. The SMILES string of the molecule is O=C(O)C(Cl)(Cl)Cl.Oc1ccc(Cl)cc1Cl. The molecule has 0 aliphatic heterocycles. The van der Waals surface area contributed by atoms with Gasteiger partial charge in [-0.1, -0.05) is 58.0 Å². The maximum atomic E-state index is 9.62. The Balaban J connectivity index is 0.000000293. The van der Waals surface area contributed by atoms with Crippen molar-refractivity contribution in [2.24, 2.45) is 0 Å². The van der Waals surface area contributed by atoms with Crippen LogP contribution < -0.4 is 0 Å². The number of hydrogen-bond acceptors (Lipinski definition) is 2. The molecule has 1 aromatic rings. The highest BCUT2D eigenvalue weighted by molar-refractivity contribution is 6.75. The van der Waals surface area contributed by atoms with E-state index in [1.54, 1.807) is 6.07 Å². The van der Waals surface area contributed by atoms with E-state index in [1.165, 1.54) is 12.1 Å². The fourth-order valence-corrected chi connectivity index (χ4v) is 0.890. The number of alkyl halides is 3. The Hall–Kier alpha value is -0.0600. The summed E-state index contributed by atoms with van der Waals surface area (Å²) >= 11 is 25.4. The lowest BCUT2D eigenvalue weighted by molar-refractivity contribution is -0.135. The van der Waals surface area contributed by atoms with Crippen LogP contribution in [-0.4, -0.2) is 20.0 Å². The van der Waals surface area contributed by atoms with Gasteiger partial charge in [-0.2, -0.15) is 0 Å². The second-order valence-electron chi connectivity index (χ2n) is 2.40. The van der Waals surface area contributed by atoms with Gasteiger partial charge >= 0.3 is 5.97 Å². The Morgan fingerprint density at radius 3 is 1.88 bits per heavy atom. The van der Waals surface area contributed by atoms with Crippen LogP contribution in [0.1, 0.15) is 0 Å². The van der Waals surface area contributed by atoms with Crippen molar-refractivity contribution in [2.75, 3.05) is 0 Å². The van der Waals surface area contributed by atoms with Crippen LogP contribution in [0.3, 0.4) is 0 Å². The molecular weight excluding hydrogens is 321 g/mol. The zero-order valence-electron chi connectivity index (χ0n) is 7.42. The van der Waals surface area contributed by atoms with Gasteiger partial charge in [0.05, 0.1) is 5.02 Å². The fraction of sp³-hybridized carbons (Fsp3) is 0.125. The molecule has 0 saturated heterocycles. The monoisotopic (exact) mass is 324 g/mol. The van der Waals surface area contributed by atoms with Gasteiger partial charge in [0.15, 0.2) is 0 Å². The van der Waals surface area contributed by atoms with Crippen molar-refractivity contribution in [3.8, 4) is 5.75 Å². The van der Waals surface area contributed by atoms with Gasteiger partial charge in [-0.15, -0.1) is 0 Å². The highest BCUT2D eigenvalue weighted by atomic mass is 35.6. The average molecular weight is 326 g/mol. The van der Waals surface area contributed by atoms with Gasteiger partial charge in [-0.25, -0.2) is 4.79 Å². The molecule has 0 saturated carbocycles. The van der Waals surface area contributed by atoms with Crippen LogP contribution in [0, 0.1) is 0 Å². The minimum atomic E-state index is -2.17. The molecule has 0 unspecified atom stereocenters. The number of aliphatic carboxylic acids is 1. The van der Waals surface area contributed by atoms with Crippen molar-refractivity contribution in [3.05, 3.63) is 28.2 Å². The van der Waals surface area contributed by atoms with Crippen LogP contribution >= 0.6 is 58.0 Å². The number of benzene rings is 1.